The molecule has 6 unspecified atom stereocenters. The first-order valence-corrected chi connectivity index (χ1v) is 8.79. The fourth-order valence-corrected chi connectivity index (χ4v) is 4.46. The lowest BCUT2D eigenvalue weighted by molar-refractivity contribution is -0.209. The van der Waals surface area contributed by atoms with E-state index in [0.29, 0.717) is 24.2 Å². The van der Waals surface area contributed by atoms with Crippen molar-refractivity contribution in [2.45, 2.75) is 71.8 Å². The predicted molar refractivity (Wildman–Crippen MR) is 84.4 cm³/mol. The second-order valence-electron chi connectivity index (χ2n) is 8.51. The molecule has 0 aliphatic heterocycles. The van der Waals surface area contributed by atoms with Crippen LogP contribution in [0.25, 0.3) is 0 Å². The lowest BCUT2D eigenvalue weighted by atomic mass is 9.73. The maximum absolute atomic E-state index is 12.6. The monoisotopic (exact) mass is 364 g/mol. The molecule has 144 valence electrons. The van der Waals surface area contributed by atoms with Crippen molar-refractivity contribution >= 4 is 11.9 Å². The molecule has 0 aromatic rings. The fourth-order valence-electron chi connectivity index (χ4n) is 4.46. The van der Waals surface area contributed by atoms with Crippen molar-refractivity contribution in [3.05, 3.63) is 0 Å². The van der Waals surface area contributed by atoms with Crippen molar-refractivity contribution in [1.82, 2.24) is 0 Å². The summed E-state index contributed by atoms with van der Waals surface area (Å²) in [5, 5.41) is 0. The third-order valence-corrected chi connectivity index (χ3v) is 5.70. The summed E-state index contributed by atoms with van der Waals surface area (Å²) in [6, 6.07) is 0. The van der Waals surface area contributed by atoms with Crippen LogP contribution in [0.5, 0.6) is 0 Å². The van der Waals surface area contributed by atoms with Gasteiger partial charge < -0.3 is 9.47 Å². The van der Waals surface area contributed by atoms with E-state index in [2.05, 4.69) is 13.8 Å². The van der Waals surface area contributed by atoms with Crippen molar-refractivity contribution in [3.63, 3.8) is 0 Å². The zero-order chi connectivity index (χ0) is 19.2. The number of hydrogen-bond donors (Lipinski definition) is 0. The van der Waals surface area contributed by atoms with Crippen LogP contribution in [-0.2, 0) is 19.1 Å². The Labute approximate surface area is 146 Å². The van der Waals surface area contributed by atoms with Crippen LogP contribution >= 0.6 is 0 Å². The van der Waals surface area contributed by atoms with Gasteiger partial charge in [0.05, 0.1) is 6.42 Å². The molecule has 0 heterocycles. The standard InChI is InChI=1S/C18H27F3O4/c1-9-10(2)12-6-11(9)7-13(12)14(24-16(23)18(19,20)21)8-15(22)25-17(3,4)5/h9-14H,6-8H2,1-5H3. The summed E-state index contributed by atoms with van der Waals surface area (Å²) in [5.41, 5.74) is -0.744. The first-order chi connectivity index (χ1) is 11.3. The minimum atomic E-state index is -5.07. The average Bonchev–Trinajstić information content (AvgIpc) is 2.96. The topological polar surface area (TPSA) is 52.6 Å². The molecule has 2 rings (SSSR count). The Bertz CT molecular complexity index is 521. The van der Waals surface area contributed by atoms with Crippen LogP contribution in [0.3, 0.4) is 0 Å². The highest BCUT2D eigenvalue weighted by Crippen LogP contribution is 2.56. The van der Waals surface area contributed by atoms with Crippen LogP contribution in [0, 0.1) is 29.6 Å². The number of fused-ring (bicyclic) bond motifs is 2. The van der Waals surface area contributed by atoms with E-state index in [1.807, 2.05) is 0 Å². The minimum Gasteiger partial charge on any atom is -0.460 e. The van der Waals surface area contributed by atoms with Gasteiger partial charge in [-0.25, -0.2) is 4.79 Å². The molecule has 2 fully saturated rings. The third kappa shape index (κ3) is 4.67. The highest BCUT2D eigenvalue weighted by atomic mass is 19.4. The molecule has 6 atom stereocenters. The molecular weight excluding hydrogens is 337 g/mol. The van der Waals surface area contributed by atoms with E-state index in [0.717, 1.165) is 6.42 Å². The van der Waals surface area contributed by atoms with Crippen molar-refractivity contribution < 1.29 is 32.2 Å². The fraction of sp³-hybridized carbons (Fsp3) is 0.889. The molecule has 2 bridgehead atoms. The normalized spacial score (nSPS) is 33.2. The smallest absolute Gasteiger partial charge is 0.460 e. The van der Waals surface area contributed by atoms with Crippen LogP contribution in [0.15, 0.2) is 0 Å². The summed E-state index contributed by atoms with van der Waals surface area (Å²) in [5.74, 6) is -1.67. The minimum absolute atomic E-state index is 0.175. The highest BCUT2D eigenvalue weighted by molar-refractivity contribution is 5.77. The second-order valence-corrected chi connectivity index (χ2v) is 8.51. The first kappa shape index (κ1) is 20.0. The van der Waals surface area contributed by atoms with Crippen molar-refractivity contribution in [3.8, 4) is 0 Å². The van der Waals surface area contributed by atoms with Crippen molar-refractivity contribution in [2.75, 3.05) is 0 Å². The Morgan fingerprint density at radius 1 is 1.08 bits per heavy atom. The lowest BCUT2D eigenvalue weighted by Crippen LogP contribution is -2.40. The number of carbonyl (C=O) groups is 2. The number of ether oxygens (including phenoxy) is 2. The molecule has 0 N–H and O–H groups in total. The summed E-state index contributed by atoms with van der Waals surface area (Å²) in [4.78, 5) is 23.5. The van der Waals surface area contributed by atoms with Gasteiger partial charge in [0, 0.05) is 0 Å². The molecule has 2 aliphatic rings. The summed E-state index contributed by atoms with van der Waals surface area (Å²) in [7, 11) is 0. The molecule has 2 saturated carbocycles. The van der Waals surface area contributed by atoms with Crippen LogP contribution < -0.4 is 0 Å². The van der Waals surface area contributed by atoms with Gasteiger partial charge >= 0.3 is 18.1 Å². The van der Waals surface area contributed by atoms with Gasteiger partial charge in [-0.15, -0.1) is 0 Å². The van der Waals surface area contributed by atoms with Gasteiger partial charge in [-0.05, 0) is 63.2 Å². The zero-order valence-corrected chi connectivity index (χ0v) is 15.4. The number of esters is 2. The highest BCUT2D eigenvalue weighted by Gasteiger charge is 2.53. The molecule has 4 nitrogen and oxygen atoms in total. The van der Waals surface area contributed by atoms with Gasteiger partial charge in [-0.3, -0.25) is 4.79 Å². The molecule has 7 heteroatoms. The van der Waals surface area contributed by atoms with E-state index < -0.39 is 29.8 Å². The molecule has 25 heavy (non-hydrogen) atoms. The van der Waals surface area contributed by atoms with Crippen LogP contribution in [-0.4, -0.2) is 29.8 Å². The Morgan fingerprint density at radius 3 is 2.12 bits per heavy atom. The van der Waals surface area contributed by atoms with E-state index in [1.165, 1.54) is 0 Å². The largest absolute Gasteiger partial charge is 0.490 e. The van der Waals surface area contributed by atoms with Crippen LogP contribution in [0.4, 0.5) is 13.2 Å². The molecule has 0 radical (unpaired) electrons. The summed E-state index contributed by atoms with van der Waals surface area (Å²) in [6.07, 6.45) is -4.89. The van der Waals surface area contributed by atoms with Gasteiger partial charge in [0.1, 0.15) is 11.7 Å². The van der Waals surface area contributed by atoms with E-state index >= 15 is 0 Å². The second kappa shape index (κ2) is 6.80. The molecule has 0 saturated heterocycles. The molecule has 0 aromatic carbocycles. The maximum atomic E-state index is 12.6. The van der Waals surface area contributed by atoms with E-state index in [9.17, 15) is 22.8 Å². The van der Waals surface area contributed by atoms with Gasteiger partial charge in [-0.1, -0.05) is 13.8 Å². The quantitative estimate of drug-likeness (QED) is 0.704. The van der Waals surface area contributed by atoms with E-state index in [-0.39, 0.29) is 18.3 Å². The van der Waals surface area contributed by atoms with E-state index in [1.54, 1.807) is 20.8 Å². The Balaban J connectivity index is 2.13. The van der Waals surface area contributed by atoms with Gasteiger partial charge in [0.25, 0.3) is 0 Å². The molecule has 0 spiro atoms. The lowest BCUT2D eigenvalue weighted by Gasteiger charge is -2.36. The molecule has 2 aliphatic carbocycles. The van der Waals surface area contributed by atoms with Gasteiger partial charge in [0.15, 0.2) is 0 Å². The zero-order valence-electron chi connectivity index (χ0n) is 15.4. The van der Waals surface area contributed by atoms with Crippen LogP contribution in [0.2, 0.25) is 0 Å². The average molecular weight is 364 g/mol. The maximum Gasteiger partial charge on any atom is 0.490 e. The third-order valence-electron chi connectivity index (χ3n) is 5.70. The van der Waals surface area contributed by atoms with E-state index in [4.69, 9.17) is 9.47 Å². The molecule has 0 aromatic heterocycles. The molecule has 0 amide bonds. The number of halogens is 3. The molecular formula is C18H27F3O4. The number of carbonyl (C=O) groups excluding carboxylic acids is 2. The first-order valence-electron chi connectivity index (χ1n) is 8.79. The summed E-state index contributed by atoms with van der Waals surface area (Å²) < 4.78 is 47.9. The van der Waals surface area contributed by atoms with Crippen LogP contribution in [0.1, 0.15) is 53.9 Å². The van der Waals surface area contributed by atoms with Gasteiger partial charge in [-0.2, -0.15) is 13.2 Å². The van der Waals surface area contributed by atoms with Crippen molar-refractivity contribution in [1.29, 1.82) is 0 Å². The van der Waals surface area contributed by atoms with Gasteiger partial charge in [0.2, 0.25) is 0 Å². The number of hydrogen-bond acceptors (Lipinski definition) is 4. The summed E-state index contributed by atoms with van der Waals surface area (Å²) >= 11 is 0. The summed E-state index contributed by atoms with van der Waals surface area (Å²) in [6.45, 7) is 9.28. The predicted octanol–water partition coefficient (Wildman–Crippen LogP) is 4.12. The Kier molecular flexibility index (Phi) is 5.45. The number of rotatable bonds is 4. The number of alkyl halides is 3. The Morgan fingerprint density at radius 2 is 1.68 bits per heavy atom. The van der Waals surface area contributed by atoms with Crippen molar-refractivity contribution in [2.24, 2.45) is 29.6 Å². The SMILES string of the molecule is CC1C2CC(C(CC(=O)OC(C)(C)C)OC(=O)C(F)(F)F)C(C2)C1C. The Hall–Kier alpha value is -1.27.